The predicted octanol–water partition coefficient (Wildman–Crippen LogP) is 3.63. The summed E-state index contributed by atoms with van der Waals surface area (Å²) in [5.41, 5.74) is 1.75. The van der Waals surface area contributed by atoms with Gasteiger partial charge in [-0.3, -0.25) is 0 Å². The lowest BCUT2D eigenvalue weighted by atomic mass is 10.0. The monoisotopic (exact) mass is 272 g/mol. The van der Waals surface area contributed by atoms with E-state index in [4.69, 9.17) is 10.00 Å². The molecular formula is C17H24N2O. The largest absolute Gasteiger partial charge is 0.495 e. The van der Waals surface area contributed by atoms with Crippen LogP contribution in [0, 0.1) is 17.2 Å². The molecule has 1 fully saturated rings. The van der Waals surface area contributed by atoms with Crippen molar-refractivity contribution in [2.45, 2.75) is 45.1 Å². The second-order valence-electron chi connectivity index (χ2n) is 5.62. The van der Waals surface area contributed by atoms with Crippen LogP contribution in [0.4, 0.5) is 0 Å². The molecule has 0 saturated heterocycles. The van der Waals surface area contributed by atoms with Crippen LogP contribution >= 0.6 is 0 Å². The summed E-state index contributed by atoms with van der Waals surface area (Å²) in [6, 6.07) is 7.96. The van der Waals surface area contributed by atoms with E-state index in [1.54, 1.807) is 7.11 Å². The van der Waals surface area contributed by atoms with E-state index in [-0.39, 0.29) is 0 Å². The molecule has 0 radical (unpaired) electrons. The van der Waals surface area contributed by atoms with Gasteiger partial charge in [-0.25, -0.2) is 0 Å². The lowest BCUT2D eigenvalue weighted by Gasteiger charge is -2.10. The van der Waals surface area contributed by atoms with Crippen LogP contribution in [0.15, 0.2) is 18.2 Å². The first kappa shape index (κ1) is 14.9. The van der Waals surface area contributed by atoms with Crippen molar-refractivity contribution in [1.29, 1.82) is 5.26 Å². The second kappa shape index (κ2) is 7.91. The molecule has 3 nitrogen and oxygen atoms in total. The quantitative estimate of drug-likeness (QED) is 0.771. The van der Waals surface area contributed by atoms with Crippen molar-refractivity contribution < 1.29 is 4.74 Å². The van der Waals surface area contributed by atoms with Gasteiger partial charge in [0.2, 0.25) is 0 Å². The van der Waals surface area contributed by atoms with E-state index in [0.29, 0.717) is 11.3 Å². The molecule has 0 amide bonds. The number of benzene rings is 1. The fourth-order valence-electron chi connectivity index (χ4n) is 3.00. The number of rotatable bonds is 7. The van der Waals surface area contributed by atoms with Gasteiger partial charge in [0.25, 0.3) is 0 Å². The minimum absolute atomic E-state index is 0.609. The van der Waals surface area contributed by atoms with E-state index in [9.17, 15) is 0 Å². The second-order valence-corrected chi connectivity index (χ2v) is 5.62. The lowest BCUT2D eigenvalue weighted by molar-refractivity contribution is 0.413. The van der Waals surface area contributed by atoms with Crippen LogP contribution in [0.3, 0.4) is 0 Å². The molecule has 1 aliphatic carbocycles. The van der Waals surface area contributed by atoms with E-state index in [0.717, 1.165) is 24.6 Å². The fraction of sp³-hybridized carbons (Fsp3) is 0.588. The van der Waals surface area contributed by atoms with Gasteiger partial charge < -0.3 is 10.1 Å². The van der Waals surface area contributed by atoms with Gasteiger partial charge in [-0.1, -0.05) is 31.7 Å². The summed E-state index contributed by atoms with van der Waals surface area (Å²) < 4.78 is 5.15. The van der Waals surface area contributed by atoms with Gasteiger partial charge in [-0.2, -0.15) is 5.26 Å². The maximum atomic E-state index is 9.05. The zero-order chi connectivity index (χ0) is 14.2. The summed E-state index contributed by atoms with van der Waals surface area (Å²) >= 11 is 0. The summed E-state index contributed by atoms with van der Waals surface area (Å²) in [5, 5.41) is 12.5. The highest BCUT2D eigenvalue weighted by atomic mass is 16.5. The van der Waals surface area contributed by atoms with Gasteiger partial charge in [0, 0.05) is 6.54 Å². The minimum Gasteiger partial charge on any atom is -0.495 e. The Morgan fingerprint density at radius 1 is 1.35 bits per heavy atom. The van der Waals surface area contributed by atoms with Crippen LogP contribution < -0.4 is 10.1 Å². The molecule has 0 aromatic heterocycles. The molecule has 0 aliphatic heterocycles. The SMILES string of the molecule is COc1ccc(CNCCCC2CCCC2)cc1C#N. The molecule has 108 valence electrons. The van der Waals surface area contributed by atoms with Crippen molar-refractivity contribution in [2.24, 2.45) is 5.92 Å². The number of nitrogens with one attached hydrogen (secondary N) is 1. The highest BCUT2D eigenvalue weighted by molar-refractivity contribution is 5.45. The Morgan fingerprint density at radius 2 is 2.15 bits per heavy atom. The molecule has 20 heavy (non-hydrogen) atoms. The standard InChI is InChI=1S/C17H24N2O/c1-20-17-9-8-15(11-16(17)12-18)13-19-10-4-7-14-5-2-3-6-14/h8-9,11,14,19H,2-7,10,13H2,1H3. The van der Waals surface area contributed by atoms with Gasteiger partial charge >= 0.3 is 0 Å². The first-order valence-corrected chi connectivity index (χ1v) is 7.61. The smallest absolute Gasteiger partial charge is 0.136 e. The first-order chi connectivity index (χ1) is 9.83. The summed E-state index contributed by atoms with van der Waals surface area (Å²) in [7, 11) is 1.59. The fourth-order valence-corrected chi connectivity index (χ4v) is 3.00. The van der Waals surface area contributed by atoms with E-state index in [1.165, 1.54) is 38.5 Å². The minimum atomic E-state index is 0.609. The number of nitrogens with zero attached hydrogens (tertiary/aromatic N) is 1. The lowest BCUT2D eigenvalue weighted by Crippen LogP contribution is -2.15. The van der Waals surface area contributed by atoms with Crippen molar-refractivity contribution in [2.75, 3.05) is 13.7 Å². The van der Waals surface area contributed by atoms with Gasteiger partial charge in [-0.15, -0.1) is 0 Å². The molecule has 0 heterocycles. The van der Waals surface area contributed by atoms with Crippen LogP contribution in [0.1, 0.15) is 49.7 Å². The van der Waals surface area contributed by atoms with Crippen LogP contribution in [0.5, 0.6) is 5.75 Å². The third kappa shape index (κ3) is 4.25. The highest BCUT2D eigenvalue weighted by Gasteiger charge is 2.13. The molecule has 2 rings (SSSR count). The van der Waals surface area contributed by atoms with Crippen LogP contribution in [-0.4, -0.2) is 13.7 Å². The molecule has 0 unspecified atom stereocenters. The normalized spacial score (nSPS) is 15.2. The molecule has 1 aliphatic rings. The van der Waals surface area contributed by atoms with Crippen molar-refractivity contribution in [3.05, 3.63) is 29.3 Å². The molecule has 0 bridgehead atoms. The zero-order valence-electron chi connectivity index (χ0n) is 12.3. The molecular weight excluding hydrogens is 248 g/mol. The topological polar surface area (TPSA) is 45.0 Å². The average molecular weight is 272 g/mol. The summed E-state index contributed by atoms with van der Waals surface area (Å²) in [4.78, 5) is 0. The maximum absolute atomic E-state index is 9.05. The van der Waals surface area contributed by atoms with Crippen molar-refractivity contribution >= 4 is 0 Å². The van der Waals surface area contributed by atoms with Crippen LogP contribution in [0.25, 0.3) is 0 Å². The predicted molar refractivity (Wildman–Crippen MR) is 80.6 cm³/mol. The zero-order valence-corrected chi connectivity index (χ0v) is 12.3. The van der Waals surface area contributed by atoms with E-state index >= 15 is 0 Å². The Morgan fingerprint density at radius 3 is 2.85 bits per heavy atom. The Bertz CT molecular complexity index is 459. The first-order valence-electron chi connectivity index (χ1n) is 7.61. The number of nitriles is 1. The Labute approximate surface area is 121 Å². The Balaban J connectivity index is 1.69. The Hall–Kier alpha value is -1.53. The van der Waals surface area contributed by atoms with Crippen molar-refractivity contribution in [3.63, 3.8) is 0 Å². The maximum Gasteiger partial charge on any atom is 0.136 e. The van der Waals surface area contributed by atoms with Gasteiger partial charge in [-0.05, 0) is 43.0 Å². The number of ether oxygens (including phenoxy) is 1. The van der Waals surface area contributed by atoms with Gasteiger partial charge in [0.1, 0.15) is 11.8 Å². The third-order valence-electron chi connectivity index (χ3n) is 4.15. The average Bonchev–Trinajstić information content (AvgIpc) is 3.00. The van der Waals surface area contributed by atoms with E-state index in [2.05, 4.69) is 11.4 Å². The van der Waals surface area contributed by atoms with Gasteiger partial charge in [0.15, 0.2) is 0 Å². The third-order valence-corrected chi connectivity index (χ3v) is 4.15. The molecule has 1 aromatic rings. The molecule has 0 atom stereocenters. The molecule has 0 spiro atoms. The van der Waals surface area contributed by atoms with Crippen LogP contribution in [0.2, 0.25) is 0 Å². The van der Waals surface area contributed by atoms with E-state index in [1.807, 2.05) is 18.2 Å². The Kier molecular flexibility index (Phi) is 5.88. The van der Waals surface area contributed by atoms with Gasteiger partial charge in [0.05, 0.1) is 12.7 Å². The van der Waals surface area contributed by atoms with Crippen molar-refractivity contribution in [3.8, 4) is 11.8 Å². The molecule has 1 N–H and O–H groups in total. The summed E-state index contributed by atoms with van der Waals surface area (Å²) in [5.74, 6) is 1.63. The molecule has 1 saturated carbocycles. The number of hydrogen-bond acceptors (Lipinski definition) is 3. The van der Waals surface area contributed by atoms with E-state index < -0.39 is 0 Å². The van der Waals surface area contributed by atoms with Crippen LogP contribution in [-0.2, 0) is 6.54 Å². The molecule has 3 heteroatoms. The summed E-state index contributed by atoms with van der Waals surface area (Å²) in [6.45, 7) is 1.88. The van der Waals surface area contributed by atoms with Crippen molar-refractivity contribution in [1.82, 2.24) is 5.32 Å². The number of methoxy groups -OCH3 is 1. The highest BCUT2D eigenvalue weighted by Crippen LogP contribution is 2.28. The summed E-state index contributed by atoms with van der Waals surface area (Å²) in [6.07, 6.45) is 8.35. The number of hydrogen-bond donors (Lipinski definition) is 1. The molecule has 1 aromatic carbocycles.